The van der Waals surface area contributed by atoms with Gasteiger partial charge in [0.15, 0.2) is 0 Å². The average molecular weight is 321 g/mol. The van der Waals surface area contributed by atoms with Gasteiger partial charge >= 0.3 is 6.09 Å². The Morgan fingerprint density at radius 1 is 1.32 bits per heavy atom. The van der Waals surface area contributed by atoms with E-state index in [9.17, 15) is 4.79 Å². The molecular formula is C14H13BrN2O2. The first kappa shape index (κ1) is 13.5. The minimum absolute atomic E-state index is 0.240. The van der Waals surface area contributed by atoms with Gasteiger partial charge in [0.25, 0.3) is 0 Å². The molecule has 0 fully saturated rings. The summed E-state index contributed by atoms with van der Waals surface area (Å²) in [6, 6.07) is 11.3. The molecule has 4 nitrogen and oxygen atoms in total. The summed E-state index contributed by atoms with van der Waals surface area (Å²) < 4.78 is 5.73. The number of amides is 1. The van der Waals surface area contributed by atoms with E-state index in [0.29, 0.717) is 10.3 Å². The highest BCUT2D eigenvalue weighted by Crippen LogP contribution is 2.23. The predicted molar refractivity (Wildman–Crippen MR) is 76.9 cm³/mol. The number of hydrogen-bond donors (Lipinski definition) is 1. The van der Waals surface area contributed by atoms with Crippen LogP contribution in [0.5, 0.6) is 0 Å². The first-order valence-corrected chi connectivity index (χ1v) is 6.55. The summed E-state index contributed by atoms with van der Waals surface area (Å²) in [7, 11) is 0. The van der Waals surface area contributed by atoms with E-state index < -0.39 is 6.09 Å². The van der Waals surface area contributed by atoms with E-state index in [0.717, 1.165) is 11.1 Å². The fourth-order valence-electron chi connectivity index (χ4n) is 1.54. The zero-order valence-corrected chi connectivity index (χ0v) is 12.0. The summed E-state index contributed by atoms with van der Waals surface area (Å²) in [5.41, 5.74) is 2.48. The number of nitrogens with one attached hydrogen (secondary N) is 1. The number of carbonyl (C=O) groups excluding carboxylic acids is 1. The van der Waals surface area contributed by atoms with Gasteiger partial charge in [-0.1, -0.05) is 30.3 Å². The lowest BCUT2D eigenvalue weighted by Gasteiger charge is -2.10. The highest BCUT2D eigenvalue weighted by molar-refractivity contribution is 9.10. The molecule has 5 heteroatoms. The van der Waals surface area contributed by atoms with E-state index in [1.54, 1.807) is 6.20 Å². The van der Waals surface area contributed by atoms with Crippen LogP contribution in [0.25, 0.3) is 0 Å². The lowest BCUT2D eigenvalue weighted by atomic mass is 10.2. The van der Waals surface area contributed by atoms with Gasteiger partial charge in [-0.15, -0.1) is 0 Å². The number of ether oxygens (including phenoxy) is 1. The van der Waals surface area contributed by atoms with Crippen molar-refractivity contribution in [2.24, 2.45) is 0 Å². The number of hydrogen-bond acceptors (Lipinski definition) is 3. The molecule has 0 bridgehead atoms. The van der Waals surface area contributed by atoms with E-state index in [1.807, 2.05) is 43.3 Å². The molecule has 1 N–H and O–H groups in total. The maximum absolute atomic E-state index is 11.7. The van der Waals surface area contributed by atoms with Crippen molar-refractivity contribution in [1.82, 2.24) is 4.98 Å². The van der Waals surface area contributed by atoms with Crippen molar-refractivity contribution >= 4 is 27.7 Å². The van der Waals surface area contributed by atoms with Crippen molar-refractivity contribution in [3.63, 3.8) is 0 Å². The first-order chi connectivity index (χ1) is 9.16. The van der Waals surface area contributed by atoms with Crippen molar-refractivity contribution < 1.29 is 9.53 Å². The second kappa shape index (κ2) is 6.33. The minimum atomic E-state index is -0.499. The zero-order chi connectivity index (χ0) is 13.7. The molecule has 2 rings (SSSR count). The van der Waals surface area contributed by atoms with Crippen molar-refractivity contribution in [1.29, 1.82) is 0 Å². The quantitative estimate of drug-likeness (QED) is 0.872. The van der Waals surface area contributed by atoms with Crippen LogP contribution in [-0.4, -0.2) is 11.1 Å². The zero-order valence-electron chi connectivity index (χ0n) is 10.4. The molecule has 0 spiro atoms. The Morgan fingerprint density at radius 3 is 2.74 bits per heavy atom. The molecule has 0 unspecified atom stereocenters. The molecule has 1 amide bonds. The topological polar surface area (TPSA) is 51.2 Å². The SMILES string of the molecule is Cc1ccnc(Br)c1NC(=O)OCc1ccccc1. The highest BCUT2D eigenvalue weighted by Gasteiger charge is 2.09. The normalized spacial score (nSPS) is 10.0. The lowest BCUT2D eigenvalue weighted by Crippen LogP contribution is -2.15. The number of anilines is 1. The molecule has 0 radical (unpaired) electrons. The van der Waals surface area contributed by atoms with Crippen LogP contribution >= 0.6 is 15.9 Å². The monoisotopic (exact) mass is 320 g/mol. The van der Waals surface area contributed by atoms with Gasteiger partial charge in [0.2, 0.25) is 0 Å². The van der Waals surface area contributed by atoms with Crippen LogP contribution in [0.15, 0.2) is 47.2 Å². The molecule has 0 aliphatic rings. The van der Waals surface area contributed by atoms with Gasteiger partial charge in [0, 0.05) is 6.20 Å². The van der Waals surface area contributed by atoms with Gasteiger partial charge in [-0.3, -0.25) is 5.32 Å². The number of halogens is 1. The maximum atomic E-state index is 11.7. The Hall–Kier alpha value is -1.88. The number of aromatic nitrogens is 1. The van der Waals surface area contributed by atoms with Gasteiger partial charge in [-0.25, -0.2) is 9.78 Å². The third-order valence-electron chi connectivity index (χ3n) is 2.55. The summed E-state index contributed by atoms with van der Waals surface area (Å²) in [5.74, 6) is 0. The molecule has 1 aromatic heterocycles. The van der Waals surface area contributed by atoms with Crippen LogP contribution in [0.4, 0.5) is 10.5 Å². The van der Waals surface area contributed by atoms with Crippen molar-refractivity contribution in [3.05, 3.63) is 58.3 Å². The smallest absolute Gasteiger partial charge is 0.412 e. The van der Waals surface area contributed by atoms with Crippen LogP contribution in [0, 0.1) is 6.92 Å². The number of nitrogens with zero attached hydrogens (tertiary/aromatic N) is 1. The average Bonchev–Trinajstić information content (AvgIpc) is 2.42. The molecule has 0 atom stereocenters. The van der Waals surface area contributed by atoms with Gasteiger partial charge < -0.3 is 4.74 Å². The van der Waals surface area contributed by atoms with Crippen LogP contribution < -0.4 is 5.32 Å². The van der Waals surface area contributed by atoms with E-state index in [1.165, 1.54) is 0 Å². The number of benzene rings is 1. The second-order valence-electron chi connectivity index (χ2n) is 3.98. The molecule has 2 aromatic rings. The van der Waals surface area contributed by atoms with E-state index in [-0.39, 0.29) is 6.61 Å². The number of carbonyl (C=O) groups is 1. The van der Waals surface area contributed by atoms with Crippen LogP contribution in [0.1, 0.15) is 11.1 Å². The maximum Gasteiger partial charge on any atom is 0.412 e. The third-order valence-corrected chi connectivity index (χ3v) is 3.15. The molecule has 98 valence electrons. The highest BCUT2D eigenvalue weighted by atomic mass is 79.9. The Morgan fingerprint density at radius 2 is 2.05 bits per heavy atom. The minimum Gasteiger partial charge on any atom is -0.444 e. The van der Waals surface area contributed by atoms with Gasteiger partial charge in [-0.2, -0.15) is 0 Å². The van der Waals surface area contributed by atoms with E-state index in [2.05, 4.69) is 26.2 Å². The Kier molecular flexibility index (Phi) is 4.52. The summed E-state index contributed by atoms with van der Waals surface area (Å²) in [6.07, 6.45) is 1.17. The second-order valence-corrected chi connectivity index (χ2v) is 4.73. The molecule has 1 aromatic carbocycles. The van der Waals surface area contributed by atoms with Crippen LogP contribution in [-0.2, 0) is 11.3 Å². The van der Waals surface area contributed by atoms with Gasteiger partial charge in [0.1, 0.15) is 11.2 Å². The van der Waals surface area contributed by atoms with Crippen molar-refractivity contribution in [2.45, 2.75) is 13.5 Å². The fourth-order valence-corrected chi connectivity index (χ4v) is 2.07. The Labute approximate surface area is 119 Å². The molecule has 0 aliphatic carbocycles. The number of rotatable bonds is 3. The van der Waals surface area contributed by atoms with Crippen LogP contribution in [0.3, 0.4) is 0 Å². The number of aryl methyl sites for hydroxylation is 1. The first-order valence-electron chi connectivity index (χ1n) is 5.75. The molecule has 0 aliphatic heterocycles. The Balaban J connectivity index is 1.95. The fraction of sp³-hybridized carbons (Fsp3) is 0.143. The summed E-state index contributed by atoms with van der Waals surface area (Å²) in [5, 5.41) is 2.68. The van der Waals surface area contributed by atoms with Crippen LogP contribution in [0.2, 0.25) is 0 Å². The van der Waals surface area contributed by atoms with Gasteiger partial charge in [0.05, 0.1) is 5.69 Å². The summed E-state index contributed by atoms with van der Waals surface area (Å²) >= 11 is 3.29. The van der Waals surface area contributed by atoms with E-state index in [4.69, 9.17) is 4.74 Å². The van der Waals surface area contributed by atoms with Gasteiger partial charge in [-0.05, 0) is 40.0 Å². The predicted octanol–water partition coefficient (Wildman–Crippen LogP) is 3.90. The standard InChI is InChI=1S/C14H13BrN2O2/c1-10-7-8-16-13(15)12(10)17-14(18)19-9-11-5-3-2-4-6-11/h2-8H,9H2,1H3,(H,17,18). The molecule has 0 saturated carbocycles. The van der Waals surface area contributed by atoms with Crippen molar-refractivity contribution in [2.75, 3.05) is 5.32 Å². The largest absolute Gasteiger partial charge is 0.444 e. The molecule has 1 heterocycles. The summed E-state index contributed by atoms with van der Waals surface area (Å²) in [6.45, 7) is 2.13. The molecular weight excluding hydrogens is 308 g/mol. The summed E-state index contributed by atoms with van der Waals surface area (Å²) in [4.78, 5) is 15.8. The van der Waals surface area contributed by atoms with E-state index >= 15 is 0 Å². The molecule has 0 saturated heterocycles. The third kappa shape index (κ3) is 3.79. The molecule has 19 heavy (non-hydrogen) atoms. The van der Waals surface area contributed by atoms with Crippen molar-refractivity contribution in [3.8, 4) is 0 Å². The number of pyridine rings is 1. The Bertz CT molecular complexity index is 553. The lowest BCUT2D eigenvalue weighted by molar-refractivity contribution is 0.155.